The highest BCUT2D eigenvalue weighted by molar-refractivity contribution is 7.92. The highest BCUT2D eigenvalue weighted by atomic mass is 32.2. The largest absolute Gasteiger partial charge is 0.497 e. The van der Waals surface area contributed by atoms with Gasteiger partial charge in [-0.05, 0) is 56.5 Å². The molecule has 0 saturated carbocycles. The van der Waals surface area contributed by atoms with Gasteiger partial charge < -0.3 is 14.8 Å². The molecule has 2 unspecified atom stereocenters. The maximum atomic E-state index is 13.0. The molecule has 1 amide bonds. The summed E-state index contributed by atoms with van der Waals surface area (Å²) in [5, 5.41) is 2.91. The van der Waals surface area contributed by atoms with Crippen LogP contribution in [0.4, 0.5) is 5.69 Å². The van der Waals surface area contributed by atoms with Crippen LogP contribution in [0.25, 0.3) is 0 Å². The summed E-state index contributed by atoms with van der Waals surface area (Å²) < 4.78 is 36.9. The van der Waals surface area contributed by atoms with Crippen LogP contribution in [0.1, 0.15) is 36.6 Å². The monoisotopic (exact) mass is 434 g/mol. The lowest BCUT2D eigenvalue weighted by molar-refractivity contribution is -0.122. The van der Waals surface area contributed by atoms with Crippen molar-refractivity contribution in [3.8, 4) is 11.5 Å². The zero-order valence-corrected chi connectivity index (χ0v) is 19.3. The number of nitrogens with zero attached hydrogens (tertiary/aromatic N) is 1. The Morgan fingerprint density at radius 2 is 1.67 bits per heavy atom. The normalized spacial score (nSPS) is 13.3. The van der Waals surface area contributed by atoms with Crippen molar-refractivity contribution in [3.05, 3.63) is 53.1 Å². The molecule has 0 spiro atoms. The number of sulfonamides is 1. The first-order valence-electron chi connectivity index (χ1n) is 9.58. The van der Waals surface area contributed by atoms with Crippen LogP contribution in [0.2, 0.25) is 0 Å². The van der Waals surface area contributed by atoms with Gasteiger partial charge in [0.15, 0.2) is 0 Å². The lowest BCUT2D eigenvalue weighted by atomic mass is 10.0. The minimum atomic E-state index is -3.80. The number of benzene rings is 2. The minimum Gasteiger partial charge on any atom is -0.497 e. The molecule has 1 N–H and O–H groups in total. The standard InChI is InChI=1S/C22H30N2O5S/c1-14-8-9-18(12-15(14)2)16(3)23-22(25)17(4)24(30(7,26)27)20-13-19(28-5)10-11-21(20)29-6/h8-13,16-17H,1-7H3,(H,23,25). The quantitative estimate of drug-likeness (QED) is 0.689. The van der Waals surface area contributed by atoms with Crippen LogP contribution in [-0.4, -0.2) is 40.8 Å². The van der Waals surface area contributed by atoms with Crippen molar-refractivity contribution in [1.82, 2.24) is 5.32 Å². The molecule has 164 valence electrons. The Kier molecular flexibility index (Phi) is 7.36. The zero-order valence-electron chi connectivity index (χ0n) is 18.5. The first kappa shape index (κ1) is 23.5. The van der Waals surface area contributed by atoms with E-state index in [1.165, 1.54) is 25.8 Å². The summed E-state index contributed by atoms with van der Waals surface area (Å²) >= 11 is 0. The number of amides is 1. The molecule has 0 saturated heterocycles. The van der Waals surface area contributed by atoms with Crippen molar-refractivity contribution in [1.29, 1.82) is 0 Å². The Morgan fingerprint density at radius 1 is 1.00 bits per heavy atom. The third kappa shape index (κ3) is 5.24. The van der Waals surface area contributed by atoms with Crippen LogP contribution in [0.15, 0.2) is 36.4 Å². The fraction of sp³-hybridized carbons (Fsp3) is 0.409. The molecular weight excluding hydrogens is 404 g/mol. The van der Waals surface area contributed by atoms with Gasteiger partial charge in [-0.25, -0.2) is 8.42 Å². The summed E-state index contributed by atoms with van der Waals surface area (Å²) in [6.07, 6.45) is 1.06. The predicted octanol–water partition coefficient (Wildman–Crippen LogP) is 3.35. The van der Waals surface area contributed by atoms with Gasteiger partial charge in [0.2, 0.25) is 15.9 Å². The molecule has 2 aromatic rings. The smallest absolute Gasteiger partial charge is 0.244 e. The van der Waals surface area contributed by atoms with Crippen LogP contribution in [0.3, 0.4) is 0 Å². The summed E-state index contributed by atoms with van der Waals surface area (Å²) in [5.41, 5.74) is 3.48. The van der Waals surface area contributed by atoms with Gasteiger partial charge in [-0.3, -0.25) is 9.10 Å². The Bertz CT molecular complexity index is 1020. The molecule has 0 heterocycles. The molecule has 0 radical (unpaired) electrons. The van der Waals surface area contributed by atoms with Gasteiger partial charge in [0, 0.05) is 6.07 Å². The van der Waals surface area contributed by atoms with Gasteiger partial charge in [-0.1, -0.05) is 18.2 Å². The van der Waals surface area contributed by atoms with Gasteiger partial charge in [0.25, 0.3) is 0 Å². The van der Waals surface area contributed by atoms with Crippen LogP contribution < -0.4 is 19.1 Å². The number of anilines is 1. The number of hydrogen-bond acceptors (Lipinski definition) is 5. The maximum absolute atomic E-state index is 13.0. The van der Waals surface area contributed by atoms with E-state index in [1.807, 2.05) is 39.0 Å². The van der Waals surface area contributed by atoms with E-state index < -0.39 is 22.0 Å². The molecule has 2 atom stereocenters. The van der Waals surface area contributed by atoms with Crippen LogP contribution in [-0.2, 0) is 14.8 Å². The summed E-state index contributed by atoms with van der Waals surface area (Å²) in [6, 6.07) is 9.49. The second-order valence-electron chi connectivity index (χ2n) is 7.35. The highest BCUT2D eigenvalue weighted by Crippen LogP contribution is 2.35. The number of carbonyl (C=O) groups is 1. The predicted molar refractivity (Wildman–Crippen MR) is 119 cm³/mol. The molecule has 0 aromatic heterocycles. The van der Waals surface area contributed by atoms with Gasteiger partial charge in [-0.15, -0.1) is 0 Å². The Hall–Kier alpha value is -2.74. The number of aryl methyl sites for hydroxylation is 2. The van der Waals surface area contributed by atoms with Gasteiger partial charge >= 0.3 is 0 Å². The van der Waals surface area contributed by atoms with Crippen molar-refractivity contribution in [2.45, 2.75) is 39.8 Å². The van der Waals surface area contributed by atoms with Gasteiger partial charge in [-0.2, -0.15) is 0 Å². The highest BCUT2D eigenvalue weighted by Gasteiger charge is 2.32. The van der Waals surface area contributed by atoms with E-state index >= 15 is 0 Å². The van der Waals surface area contributed by atoms with Gasteiger partial charge in [0.05, 0.1) is 32.2 Å². The van der Waals surface area contributed by atoms with E-state index in [1.54, 1.807) is 19.1 Å². The van der Waals surface area contributed by atoms with E-state index in [9.17, 15) is 13.2 Å². The van der Waals surface area contributed by atoms with E-state index in [0.29, 0.717) is 11.5 Å². The third-order valence-electron chi connectivity index (χ3n) is 5.10. The Morgan fingerprint density at radius 3 is 2.20 bits per heavy atom. The molecular formula is C22H30N2O5S. The molecule has 30 heavy (non-hydrogen) atoms. The van der Waals surface area contributed by atoms with Crippen LogP contribution in [0, 0.1) is 13.8 Å². The molecule has 7 nitrogen and oxygen atoms in total. The number of nitrogens with one attached hydrogen (secondary N) is 1. The molecule has 8 heteroatoms. The molecule has 0 bridgehead atoms. The maximum Gasteiger partial charge on any atom is 0.244 e. The number of ether oxygens (including phenoxy) is 2. The summed E-state index contributed by atoms with van der Waals surface area (Å²) in [6.45, 7) is 7.44. The van der Waals surface area contributed by atoms with Crippen LogP contribution in [0.5, 0.6) is 11.5 Å². The SMILES string of the molecule is COc1ccc(OC)c(N(C(C)C(=O)NC(C)c2ccc(C)c(C)c2)S(C)(=O)=O)c1. The third-order valence-corrected chi connectivity index (χ3v) is 6.33. The fourth-order valence-corrected chi connectivity index (χ4v) is 4.37. The molecule has 2 aromatic carbocycles. The first-order chi connectivity index (χ1) is 14.0. The minimum absolute atomic E-state index is 0.237. The Balaban J connectivity index is 2.37. The van der Waals surface area contributed by atoms with Crippen molar-refractivity contribution < 1.29 is 22.7 Å². The molecule has 0 aliphatic heterocycles. The zero-order chi connectivity index (χ0) is 22.6. The summed E-state index contributed by atoms with van der Waals surface area (Å²) in [5.74, 6) is 0.356. The molecule has 0 aliphatic rings. The second-order valence-corrected chi connectivity index (χ2v) is 9.21. The van der Waals surface area contributed by atoms with Crippen LogP contribution >= 0.6 is 0 Å². The summed E-state index contributed by atoms with van der Waals surface area (Å²) in [4.78, 5) is 13.0. The van der Waals surface area contributed by atoms with Crippen molar-refractivity contribution in [3.63, 3.8) is 0 Å². The summed E-state index contributed by atoms with van der Waals surface area (Å²) in [7, 11) is -0.869. The number of hydrogen-bond donors (Lipinski definition) is 1. The number of methoxy groups -OCH3 is 2. The molecule has 2 rings (SSSR count). The topological polar surface area (TPSA) is 84.9 Å². The van der Waals surface area contributed by atoms with Gasteiger partial charge in [0.1, 0.15) is 17.5 Å². The Labute approximate surface area is 179 Å². The van der Waals surface area contributed by atoms with Crippen molar-refractivity contribution in [2.75, 3.05) is 24.8 Å². The average Bonchev–Trinajstić information content (AvgIpc) is 2.68. The first-order valence-corrected chi connectivity index (χ1v) is 11.4. The van der Waals surface area contributed by atoms with E-state index in [-0.39, 0.29) is 11.7 Å². The lowest BCUT2D eigenvalue weighted by Crippen LogP contribution is -2.48. The second kappa shape index (κ2) is 9.38. The van der Waals surface area contributed by atoms with E-state index in [4.69, 9.17) is 9.47 Å². The van der Waals surface area contributed by atoms with Crippen molar-refractivity contribution >= 4 is 21.6 Å². The molecule has 0 fully saturated rings. The van der Waals surface area contributed by atoms with Crippen molar-refractivity contribution in [2.24, 2.45) is 0 Å². The van der Waals surface area contributed by atoms with E-state index in [2.05, 4.69) is 5.32 Å². The number of carbonyl (C=O) groups excluding carboxylic acids is 1. The fourth-order valence-electron chi connectivity index (χ4n) is 3.20. The average molecular weight is 435 g/mol. The van der Waals surface area contributed by atoms with E-state index in [0.717, 1.165) is 21.7 Å². The lowest BCUT2D eigenvalue weighted by Gasteiger charge is -2.30. The number of rotatable bonds is 8. The molecule has 0 aliphatic carbocycles.